The van der Waals surface area contributed by atoms with Crippen LogP contribution >= 0.6 is 15.9 Å². The first-order chi connectivity index (χ1) is 6.72. The first-order valence-corrected chi connectivity index (χ1v) is 5.11. The van der Waals surface area contributed by atoms with Crippen molar-refractivity contribution < 1.29 is 0 Å². The van der Waals surface area contributed by atoms with E-state index in [0.717, 1.165) is 15.7 Å². The summed E-state index contributed by atoms with van der Waals surface area (Å²) in [6.07, 6.45) is 0. The lowest BCUT2D eigenvalue weighted by Crippen LogP contribution is -1.80. The van der Waals surface area contributed by atoms with Gasteiger partial charge in [0.2, 0.25) is 0 Å². The van der Waals surface area contributed by atoms with Gasteiger partial charge in [0.15, 0.2) is 0 Å². The summed E-state index contributed by atoms with van der Waals surface area (Å²) in [5.41, 5.74) is 3.30. The second-order valence-electron chi connectivity index (χ2n) is 3.23. The van der Waals surface area contributed by atoms with Crippen LogP contribution in [0, 0.1) is 13.5 Å². The fourth-order valence-corrected chi connectivity index (χ4v) is 1.95. The van der Waals surface area contributed by atoms with Gasteiger partial charge in [-0.2, -0.15) is 0 Å². The quantitative estimate of drug-likeness (QED) is 0.744. The van der Waals surface area contributed by atoms with Crippen molar-refractivity contribution in [3.05, 3.63) is 45.3 Å². The number of aryl methyl sites for hydroxylation is 1. The van der Waals surface area contributed by atoms with Crippen molar-refractivity contribution in [1.82, 2.24) is 4.98 Å². The van der Waals surface area contributed by atoms with Crippen LogP contribution in [0.1, 0.15) is 11.3 Å². The molecule has 2 rings (SSSR count). The standard InChI is InChI=1S/C11H9BrN2/c1-7-9-5-8(12)3-4-10(9)14-11(7)6-13-2/h3-5,14H,6H2,1H3. The SMILES string of the molecule is [C-]#[N+]Cc1[nH]c2ccc(Br)cc2c1C. The molecule has 0 fully saturated rings. The van der Waals surface area contributed by atoms with E-state index in [4.69, 9.17) is 6.57 Å². The molecule has 0 aliphatic carbocycles. The molecule has 1 aromatic carbocycles. The van der Waals surface area contributed by atoms with E-state index in [1.807, 2.05) is 19.1 Å². The molecule has 0 aliphatic rings. The van der Waals surface area contributed by atoms with Crippen LogP contribution in [0.25, 0.3) is 15.7 Å². The minimum absolute atomic E-state index is 0.429. The van der Waals surface area contributed by atoms with E-state index in [1.54, 1.807) is 0 Å². The number of halogens is 1. The summed E-state index contributed by atoms with van der Waals surface area (Å²) in [5, 5.41) is 1.19. The highest BCUT2D eigenvalue weighted by Gasteiger charge is 2.08. The van der Waals surface area contributed by atoms with Gasteiger partial charge in [0, 0.05) is 15.4 Å². The Hall–Kier alpha value is -1.27. The Balaban J connectivity index is 2.69. The molecule has 0 unspecified atom stereocenters. The third-order valence-electron chi connectivity index (χ3n) is 2.36. The Morgan fingerprint density at radius 3 is 3.00 bits per heavy atom. The van der Waals surface area contributed by atoms with E-state index in [0.29, 0.717) is 6.54 Å². The topological polar surface area (TPSA) is 20.1 Å². The Morgan fingerprint density at radius 2 is 2.29 bits per heavy atom. The molecule has 2 nitrogen and oxygen atoms in total. The Morgan fingerprint density at radius 1 is 1.50 bits per heavy atom. The summed E-state index contributed by atoms with van der Waals surface area (Å²) < 4.78 is 1.07. The third kappa shape index (κ3) is 1.42. The van der Waals surface area contributed by atoms with Crippen molar-refractivity contribution in [3.8, 4) is 0 Å². The van der Waals surface area contributed by atoms with Crippen LogP contribution < -0.4 is 0 Å². The minimum Gasteiger partial charge on any atom is -0.352 e. The zero-order valence-corrected chi connectivity index (χ0v) is 9.35. The highest BCUT2D eigenvalue weighted by molar-refractivity contribution is 9.10. The van der Waals surface area contributed by atoms with E-state index < -0.39 is 0 Å². The molecular formula is C11H9BrN2. The summed E-state index contributed by atoms with van der Waals surface area (Å²) in [6, 6.07) is 6.11. The molecule has 0 spiro atoms. The molecule has 0 radical (unpaired) electrons. The Bertz CT molecular complexity index is 520. The molecule has 2 aromatic rings. The molecule has 0 saturated heterocycles. The number of nitrogens with zero attached hydrogens (tertiary/aromatic N) is 1. The van der Waals surface area contributed by atoms with Gasteiger partial charge in [0.05, 0.1) is 5.69 Å². The highest BCUT2D eigenvalue weighted by Crippen LogP contribution is 2.25. The summed E-state index contributed by atoms with van der Waals surface area (Å²) >= 11 is 3.44. The number of aromatic nitrogens is 1. The molecule has 1 aromatic heterocycles. The van der Waals surface area contributed by atoms with E-state index in [-0.39, 0.29) is 0 Å². The molecule has 1 heterocycles. The second kappa shape index (κ2) is 3.47. The zero-order valence-electron chi connectivity index (χ0n) is 7.76. The van der Waals surface area contributed by atoms with Gasteiger partial charge in [-0.15, -0.1) is 0 Å². The number of hydrogen-bond donors (Lipinski definition) is 1. The highest BCUT2D eigenvalue weighted by atomic mass is 79.9. The van der Waals surface area contributed by atoms with Crippen LogP contribution in [0.3, 0.4) is 0 Å². The van der Waals surface area contributed by atoms with Crippen molar-refractivity contribution in [3.63, 3.8) is 0 Å². The number of hydrogen-bond acceptors (Lipinski definition) is 0. The largest absolute Gasteiger partial charge is 0.352 e. The first kappa shape index (κ1) is 9.29. The fourth-order valence-electron chi connectivity index (χ4n) is 1.59. The molecule has 0 aliphatic heterocycles. The van der Waals surface area contributed by atoms with Crippen molar-refractivity contribution in [2.75, 3.05) is 0 Å². The first-order valence-electron chi connectivity index (χ1n) is 4.32. The summed E-state index contributed by atoms with van der Waals surface area (Å²) in [7, 11) is 0. The molecule has 70 valence electrons. The lowest BCUT2D eigenvalue weighted by atomic mass is 10.1. The van der Waals surface area contributed by atoms with Crippen molar-refractivity contribution in [1.29, 1.82) is 0 Å². The predicted molar refractivity (Wildman–Crippen MR) is 61.0 cm³/mol. The van der Waals surface area contributed by atoms with Crippen molar-refractivity contribution >= 4 is 26.8 Å². The average molecular weight is 249 g/mol. The Kier molecular flexibility index (Phi) is 2.30. The van der Waals surface area contributed by atoms with Gasteiger partial charge in [0.1, 0.15) is 0 Å². The van der Waals surface area contributed by atoms with Crippen LogP contribution in [-0.2, 0) is 6.54 Å². The van der Waals surface area contributed by atoms with Gasteiger partial charge in [-0.25, -0.2) is 6.57 Å². The molecule has 0 saturated carbocycles. The van der Waals surface area contributed by atoms with Gasteiger partial charge in [-0.1, -0.05) is 15.9 Å². The number of nitrogens with one attached hydrogen (secondary N) is 1. The summed E-state index contributed by atoms with van der Waals surface area (Å²) in [4.78, 5) is 6.65. The summed E-state index contributed by atoms with van der Waals surface area (Å²) in [6.45, 7) is 9.32. The smallest absolute Gasteiger partial charge is 0.254 e. The summed E-state index contributed by atoms with van der Waals surface area (Å²) in [5.74, 6) is 0. The normalized spacial score (nSPS) is 10.4. The van der Waals surface area contributed by atoms with Crippen molar-refractivity contribution in [2.24, 2.45) is 0 Å². The average Bonchev–Trinajstić information content (AvgIpc) is 2.46. The van der Waals surface area contributed by atoms with Crippen LogP contribution in [0.5, 0.6) is 0 Å². The van der Waals surface area contributed by atoms with Crippen LogP contribution in [-0.4, -0.2) is 4.98 Å². The zero-order chi connectivity index (χ0) is 10.1. The van der Waals surface area contributed by atoms with E-state index in [1.165, 1.54) is 10.9 Å². The van der Waals surface area contributed by atoms with Gasteiger partial charge in [0.25, 0.3) is 6.54 Å². The molecule has 3 heteroatoms. The number of fused-ring (bicyclic) bond motifs is 1. The second-order valence-corrected chi connectivity index (χ2v) is 4.15. The van der Waals surface area contributed by atoms with Gasteiger partial charge < -0.3 is 9.83 Å². The number of aromatic amines is 1. The molecule has 14 heavy (non-hydrogen) atoms. The van der Waals surface area contributed by atoms with E-state index >= 15 is 0 Å². The maximum absolute atomic E-state index is 6.85. The van der Waals surface area contributed by atoms with E-state index in [2.05, 4.69) is 31.8 Å². The van der Waals surface area contributed by atoms with Crippen molar-refractivity contribution in [2.45, 2.75) is 13.5 Å². The van der Waals surface area contributed by atoms with Gasteiger partial charge in [-0.3, -0.25) is 0 Å². The van der Waals surface area contributed by atoms with Gasteiger partial charge in [-0.05, 0) is 30.7 Å². The monoisotopic (exact) mass is 248 g/mol. The molecule has 0 atom stereocenters. The molecular weight excluding hydrogens is 240 g/mol. The van der Waals surface area contributed by atoms with Gasteiger partial charge >= 0.3 is 0 Å². The van der Waals surface area contributed by atoms with Crippen LogP contribution in [0.2, 0.25) is 0 Å². The van der Waals surface area contributed by atoms with Crippen LogP contribution in [0.15, 0.2) is 22.7 Å². The predicted octanol–water partition coefficient (Wildman–Crippen LogP) is 3.66. The minimum atomic E-state index is 0.429. The fraction of sp³-hybridized carbons (Fsp3) is 0.182. The Labute approximate surface area is 90.9 Å². The molecule has 0 amide bonds. The maximum atomic E-state index is 6.85. The lowest BCUT2D eigenvalue weighted by Gasteiger charge is -1.92. The lowest BCUT2D eigenvalue weighted by molar-refractivity contribution is 1.14. The maximum Gasteiger partial charge on any atom is 0.254 e. The molecule has 1 N–H and O–H groups in total. The molecule has 0 bridgehead atoms. The van der Waals surface area contributed by atoms with Crippen LogP contribution in [0.4, 0.5) is 0 Å². The number of benzene rings is 1. The number of H-pyrrole nitrogens is 1. The van der Waals surface area contributed by atoms with E-state index in [9.17, 15) is 0 Å². The third-order valence-corrected chi connectivity index (χ3v) is 2.85. The number of rotatable bonds is 1.